The molecule has 0 N–H and O–H groups in total. The maximum atomic E-state index is 3.43. The van der Waals surface area contributed by atoms with Crippen molar-refractivity contribution in [2.75, 3.05) is 0 Å². The molecule has 0 heterocycles. The Morgan fingerprint density at radius 1 is 0.429 bits per heavy atom. The number of hydrogen-bond donors (Lipinski definition) is 0. The first-order chi connectivity index (χ1) is 17.4. The summed E-state index contributed by atoms with van der Waals surface area (Å²) in [5.74, 6) is 0. The lowest BCUT2D eigenvalue weighted by molar-refractivity contribution is 0.514. The molecule has 205 valence electrons. The van der Waals surface area contributed by atoms with Crippen LogP contribution in [0.5, 0.6) is 0 Å². The minimum atomic E-state index is 1.05. The van der Waals surface area contributed by atoms with Crippen LogP contribution in [0.2, 0.25) is 0 Å². The molecule has 0 spiro atoms. The predicted molar refractivity (Wildman–Crippen MR) is 160 cm³/mol. The minimum absolute atomic E-state index is 1.05. The Balaban J connectivity index is 1.61. The first-order valence-corrected chi connectivity index (χ1v) is 16.7. The van der Waals surface area contributed by atoms with Gasteiger partial charge >= 0.3 is 0 Å². The molecule has 0 fully saturated rings. The fraction of sp³-hybridized carbons (Fsp3) is 0.886. The van der Waals surface area contributed by atoms with Crippen LogP contribution in [0, 0.1) is 6.08 Å². The molecule has 0 saturated heterocycles. The summed E-state index contributed by atoms with van der Waals surface area (Å²) in [6.07, 6.45) is 51.4. The number of hydrogen-bond acceptors (Lipinski definition) is 0. The van der Waals surface area contributed by atoms with E-state index in [0.717, 1.165) is 6.42 Å². The van der Waals surface area contributed by atoms with Gasteiger partial charge in [0.15, 0.2) is 0 Å². The van der Waals surface area contributed by atoms with E-state index in [4.69, 9.17) is 0 Å². The molecule has 0 atom stereocenters. The Hall–Kier alpha value is -0.520. The highest BCUT2D eigenvalue weighted by molar-refractivity contribution is 5.21. The highest BCUT2D eigenvalue weighted by Crippen LogP contribution is 2.18. The normalized spacial score (nSPS) is 13.1. The van der Waals surface area contributed by atoms with Gasteiger partial charge in [0.25, 0.3) is 0 Å². The Morgan fingerprint density at radius 3 is 0.971 bits per heavy atom. The largest absolute Gasteiger partial charge is 0.0798 e. The molecule has 1 aliphatic carbocycles. The molecular weight excluding hydrogens is 420 g/mol. The van der Waals surface area contributed by atoms with E-state index in [1.165, 1.54) is 192 Å². The predicted octanol–water partition coefficient (Wildman–Crippen LogP) is 13.0. The molecule has 0 nitrogen and oxygen atoms in total. The van der Waals surface area contributed by atoms with Gasteiger partial charge in [0.1, 0.15) is 0 Å². The molecule has 0 amide bonds. The molecule has 0 saturated carbocycles. The molecule has 35 heavy (non-hydrogen) atoms. The molecule has 0 heteroatoms. The van der Waals surface area contributed by atoms with E-state index in [0.29, 0.717) is 0 Å². The minimum Gasteiger partial charge on any atom is -0.0798 e. The van der Waals surface area contributed by atoms with Crippen LogP contribution in [0.1, 0.15) is 200 Å². The quantitative estimate of drug-likeness (QED) is 0.0924. The van der Waals surface area contributed by atoms with Crippen LogP contribution in [0.15, 0.2) is 17.7 Å². The Labute approximate surface area is 223 Å². The Morgan fingerprint density at radius 2 is 0.714 bits per heavy atom. The maximum absolute atomic E-state index is 3.43. The van der Waals surface area contributed by atoms with E-state index in [2.05, 4.69) is 25.2 Å². The van der Waals surface area contributed by atoms with Gasteiger partial charge in [-0.1, -0.05) is 192 Å². The van der Waals surface area contributed by atoms with Crippen molar-refractivity contribution in [1.82, 2.24) is 0 Å². The average molecular weight is 486 g/mol. The van der Waals surface area contributed by atoms with Crippen molar-refractivity contribution in [2.45, 2.75) is 200 Å². The highest BCUT2D eigenvalue weighted by atomic mass is 14.0. The second-order valence-electron chi connectivity index (χ2n) is 11.6. The van der Waals surface area contributed by atoms with E-state index < -0.39 is 0 Å². The summed E-state index contributed by atoms with van der Waals surface area (Å²) in [7, 11) is 0. The van der Waals surface area contributed by atoms with Crippen molar-refractivity contribution in [3.05, 3.63) is 23.8 Å². The lowest BCUT2D eigenvalue weighted by atomic mass is 10.0. The molecule has 0 aromatic carbocycles. The van der Waals surface area contributed by atoms with Crippen molar-refractivity contribution in [2.24, 2.45) is 0 Å². The zero-order chi connectivity index (χ0) is 24.9. The van der Waals surface area contributed by atoms with Crippen LogP contribution in [0.4, 0.5) is 0 Å². The van der Waals surface area contributed by atoms with Gasteiger partial charge in [-0.05, 0) is 30.9 Å². The van der Waals surface area contributed by atoms with Gasteiger partial charge in [-0.25, -0.2) is 0 Å². The zero-order valence-corrected chi connectivity index (χ0v) is 24.4. The molecular formula is C35H65. The molecule has 0 bridgehead atoms. The third kappa shape index (κ3) is 24.9. The molecule has 0 aromatic rings. The molecule has 0 unspecified atom stereocenters. The van der Waals surface area contributed by atoms with Gasteiger partial charge in [0.05, 0.1) is 0 Å². The van der Waals surface area contributed by atoms with Crippen LogP contribution < -0.4 is 0 Å². The van der Waals surface area contributed by atoms with Gasteiger partial charge in [0.2, 0.25) is 0 Å². The maximum Gasteiger partial charge on any atom is -0.00885 e. The van der Waals surface area contributed by atoms with Gasteiger partial charge in [-0.15, -0.1) is 0 Å². The number of unbranched alkanes of at least 4 members (excludes halogenated alkanes) is 27. The van der Waals surface area contributed by atoms with Crippen LogP contribution in [-0.2, 0) is 0 Å². The van der Waals surface area contributed by atoms with Crippen molar-refractivity contribution in [1.29, 1.82) is 0 Å². The Kier molecular flexibility index (Phi) is 26.1. The van der Waals surface area contributed by atoms with E-state index in [1.54, 1.807) is 0 Å². The second-order valence-corrected chi connectivity index (χ2v) is 11.6. The highest BCUT2D eigenvalue weighted by Gasteiger charge is 1.99. The van der Waals surface area contributed by atoms with Gasteiger partial charge in [0, 0.05) is 0 Å². The summed E-state index contributed by atoms with van der Waals surface area (Å²) in [6.45, 7) is 2.31. The third-order valence-electron chi connectivity index (χ3n) is 8.07. The molecule has 0 aromatic heterocycles. The summed E-state index contributed by atoms with van der Waals surface area (Å²) in [6, 6.07) is 0. The van der Waals surface area contributed by atoms with Gasteiger partial charge in [-0.2, -0.15) is 0 Å². The van der Waals surface area contributed by atoms with Crippen LogP contribution >= 0.6 is 0 Å². The standard InChI is InChI=1S/C35H65/c1-2-3-4-5-6-7-8-9-10-11-12-13-14-15-16-17-18-19-20-21-22-23-24-25-26-27-28-29-32-35-33-30-31-34-35/h30,33H,2-29,31-32H2,1H3. The summed E-state index contributed by atoms with van der Waals surface area (Å²) in [4.78, 5) is 0. The summed E-state index contributed by atoms with van der Waals surface area (Å²) < 4.78 is 0. The molecule has 1 radical (unpaired) electrons. The van der Waals surface area contributed by atoms with Crippen LogP contribution in [-0.4, -0.2) is 0 Å². The third-order valence-corrected chi connectivity index (χ3v) is 8.07. The fourth-order valence-electron chi connectivity index (χ4n) is 5.61. The number of rotatable bonds is 29. The van der Waals surface area contributed by atoms with E-state index in [9.17, 15) is 0 Å². The van der Waals surface area contributed by atoms with E-state index in [-0.39, 0.29) is 0 Å². The van der Waals surface area contributed by atoms with Crippen molar-refractivity contribution >= 4 is 0 Å². The topological polar surface area (TPSA) is 0 Å². The summed E-state index contributed by atoms with van der Waals surface area (Å²) in [5, 5.41) is 0. The Bertz CT molecular complexity index is 457. The summed E-state index contributed by atoms with van der Waals surface area (Å²) >= 11 is 0. The molecule has 0 aliphatic heterocycles. The van der Waals surface area contributed by atoms with Gasteiger partial charge < -0.3 is 0 Å². The lowest BCUT2D eigenvalue weighted by Crippen LogP contribution is -1.85. The molecule has 1 aliphatic rings. The first-order valence-electron chi connectivity index (χ1n) is 16.7. The first kappa shape index (κ1) is 32.5. The second kappa shape index (κ2) is 28.1. The summed E-state index contributed by atoms with van der Waals surface area (Å²) in [5.41, 5.74) is 1.46. The average Bonchev–Trinajstić information content (AvgIpc) is 3.39. The van der Waals surface area contributed by atoms with Crippen molar-refractivity contribution in [3.8, 4) is 0 Å². The van der Waals surface area contributed by atoms with Crippen molar-refractivity contribution in [3.63, 3.8) is 0 Å². The molecule has 1 rings (SSSR count). The smallest absolute Gasteiger partial charge is 0.00885 e. The lowest BCUT2D eigenvalue weighted by Gasteiger charge is -2.04. The van der Waals surface area contributed by atoms with Crippen molar-refractivity contribution < 1.29 is 0 Å². The van der Waals surface area contributed by atoms with E-state index in [1.807, 2.05) is 0 Å². The van der Waals surface area contributed by atoms with Gasteiger partial charge in [-0.3, -0.25) is 0 Å². The number of allylic oxidation sites excluding steroid dienone is 4. The van der Waals surface area contributed by atoms with E-state index >= 15 is 0 Å². The SMILES string of the molecule is CCCCCCCCCCCCCCCCCCCCCCCCCCCCCCC1=[C]CC=C1. The van der Waals surface area contributed by atoms with Crippen LogP contribution in [0.25, 0.3) is 0 Å². The monoisotopic (exact) mass is 486 g/mol. The zero-order valence-electron chi connectivity index (χ0n) is 24.4. The fourth-order valence-corrected chi connectivity index (χ4v) is 5.61. The van der Waals surface area contributed by atoms with Crippen LogP contribution in [0.3, 0.4) is 0 Å².